The zero-order valence-corrected chi connectivity index (χ0v) is 9.94. The van der Waals surface area contributed by atoms with Gasteiger partial charge in [0.15, 0.2) is 0 Å². The molecule has 0 atom stereocenters. The minimum Gasteiger partial charge on any atom is -0.397 e. The fraction of sp³-hybridized carbons (Fsp3) is 0.417. The smallest absolute Gasteiger partial charge is 0.221 e. The average molecular weight is 245 g/mol. The van der Waals surface area contributed by atoms with Crippen LogP contribution in [-0.2, 0) is 4.79 Å². The topological polar surface area (TPSA) is 104 Å². The molecule has 4 N–H and O–H groups in total. The van der Waals surface area contributed by atoms with Crippen molar-refractivity contribution >= 4 is 17.4 Å². The van der Waals surface area contributed by atoms with Gasteiger partial charge in [-0.25, -0.2) is 4.98 Å². The van der Waals surface area contributed by atoms with Gasteiger partial charge in [0, 0.05) is 19.0 Å². The number of nitrogen functional groups attached to an aromatic ring is 1. The van der Waals surface area contributed by atoms with Crippen LogP contribution in [0.25, 0.3) is 0 Å². The number of carbonyl (C=O) groups is 1. The van der Waals surface area contributed by atoms with Crippen molar-refractivity contribution in [2.75, 3.05) is 17.6 Å². The number of rotatable bonds is 5. The third kappa shape index (κ3) is 3.35. The molecule has 6 nitrogen and oxygen atoms in total. The summed E-state index contributed by atoms with van der Waals surface area (Å²) < 4.78 is 0. The van der Waals surface area contributed by atoms with Gasteiger partial charge in [-0.3, -0.25) is 4.79 Å². The molecule has 0 radical (unpaired) electrons. The molecule has 94 valence electrons. The predicted octanol–water partition coefficient (Wildman–Crippen LogP) is 0.616. The third-order valence-corrected chi connectivity index (χ3v) is 2.62. The molecule has 1 aliphatic carbocycles. The van der Waals surface area contributed by atoms with Crippen molar-refractivity contribution in [3.05, 3.63) is 17.8 Å². The van der Waals surface area contributed by atoms with Gasteiger partial charge in [0.25, 0.3) is 0 Å². The minimum absolute atomic E-state index is 0.0268. The van der Waals surface area contributed by atoms with E-state index in [9.17, 15) is 4.79 Å². The molecule has 0 aromatic carbocycles. The Bertz CT molecular complexity index is 490. The molecule has 1 amide bonds. The van der Waals surface area contributed by atoms with Crippen LogP contribution >= 0.6 is 0 Å². The van der Waals surface area contributed by atoms with Crippen LogP contribution < -0.4 is 16.4 Å². The second-order valence-corrected chi connectivity index (χ2v) is 4.30. The minimum atomic E-state index is 0.0268. The van der Waals surface area contributed by atoms with Crippen LogP contribution in [0.2, 0.25) is 0 Å². The zero-order valence-electron chi connectivity index (χ0n) is 9.94. The summed E-state index contributed by atoms with van der Waals surface area (Å²) in [7, 11) is 0. The highest BCUT2D eigenvalue weighted by atomic mass is 16.1. The molecule has 1 aliphatic rings. The summed E-state index contributed by atoms with van der Waals surface area (Å²) >= 11 is 0. The molecule has 0 saturated heterocycles. The number of nitrogens with two attached hydrogens (primary N) is 1. The highest BCUT2D eigenvalue weighted by molar-refractivity contribution is 5.77. The van der Waals surface area contributed by atoms with Crippen LogP contribution in [0.3, 0.4) is 0 Å². The second kappa shape index (κ2) is 5.36. The molecule has 1 fully saturated rings. The summed E-state index contributed by atoms with van der Waals surface area (Å²) in [5.41, 5.74) is 6.37. The van der Waals surface area contributed by atoms with Gasteiger partial charge >= 0.3 is 0 Å². The molecule has 2 rings (SSSR count). The van der Waals surface area contributed by atoms with E-state index in [1.54, 1.807) is 6.07 Å². The summed E-state index contributed by atoms with van der Waals surface area (Å²) in [4.78, 5) is 15.5. The Kier molecular flexibility index (Phi) is 3.63. The SMILES string of the molecule is N#Cc1cc(N)cnc1NCCC(=O)NC1CC1. The van der Waals surface area contributed by atoms with Crippen LogP contribution in [-0.4, -0.2) is 23.5 Å². The quantitative estimate of drug-likeness (QED) is 0.705. The number of anilines is 2. The van der Waals surface area contributed by atoms with E-state index in [2.05, 4.69) is 15.6 Å². The van der Waals surface area contributed by atoms with Gasteiger partial charge in [-0.1, -0.05) is 0 Å². The maximum absolute atomic E-state index is 11.4. The van der Waals surface area contributed by atoms with Crippen molar-refractivity contribution in [2.45, 2.75) is 25.3 Å². The van der Waals surface area contributed by atoms with E-state index in [4.69, 9.17) is 11.0 Å². The van der Waals surface area contributed by atoms with Crippen LogP contribution in [0, 0.1) is 11.3 Å². The summed E-state index contributed by atoms with van der Waals surface area (Å²) in [6.07, 6.45) is 4.01. The molecule has 18 heavy (non-hydrogen) atoms. The number of carbonyl (C=O) groups excluding carboxylic acids is 1. The normalized spacial score (nSPS) is 13.7. The fourth-order valence-corrected chi connectivity index (χ4v) is 1.53. The van der Waals surface area contributed by atoms with E-state index >= 15 is 0 Å². The number of hydrogen-bond acceptors (Lipinski definition) is 5. The lowest BCUT2D eigenvalue weighted by Crippen LogP contribution is -2.27. The average Bonchev–Trinajstić information content (AvgIpc) is 3.14. The van der Waals surface area contributed by atoms with E-state index in [-0.39, 0.29) is 5.91 Å². The largest absolute Gasteiger partial charge is 0.397 e. The lowest BCUT2D eigenvalue weighted by molar-refractivity contribution is -0.120. The van der Waals surface area contributed by atoms with E-state index in [0.717, 1.165) is 12.8 Å². The number of nitriles is 1. The van der Waals surface area contributed by atoms with Gasteiger partial charge in [-0.2, -0.15) is 5.26 Å². The Morgan fingerprint density at radius 1 is 1.61 bits per heavy atom. The molecule has 1 aromatic rings. The molecular formula is C12H15N5O. The lowest BCUT2D eigenvalue weighted by atomic mass is 10.2. The molecule has 1 heterocycles. The molecular weight excluding hydrogens is 230 g/mol. The van der Waals surface area contributed by atoms with Crippen molar-refractivity contribution in [1.82, 2.24) is 10.3 Å². The van der Waals surface area contributed by atoms with Gasteiger partial charge in [0.05, 0.1) is 17.4 Å². The van der Waals surface area contributed by atoms with Gasteiger partial charge in [0.1, 0.15) is 11.9 Å². The Morgan fingerprint density at radius 2 is 2.39 bits per heavy atom. The van der Waals surface area contributed by atoms with Crippen LogP contribution in [0.4, 0.5) is 11.5 Å². The molecule has 0 spiro atoms. The number of amides is 1. The molecule has 1 aromatic heterocycles. The van der Waals surface area contributed by atoms with E-state index < -0.39 is 0 Å². The van der Waals surface area contributed by atoms with Gasteiger partial charge in [-0.15, -0.1) is 0 Å². The third-order valence-electron chi connectivity index (χ3n) is 2.62. The maximum atomic E-state index is 11.4. The molecule has 1 saturated carbocycles. The highest BCUT2D eigenvalue weighted by Gasteiger charge is 2.22. The molecule has 0 bridgehead atoms. The first-order valence-electron chi connectivity index (χ1n) is 5.88. The summed E-state index contributed by atoms with van der Waals surface area (Å²) in [5, 5.41) is 14.8. The van der Waals surface area contributed by atoms with E-state index in [1.807, 2.05) is 6.07 Å². The first-order chi connectivity index (χ1) is 8.69. The van der Waals surface area contributed by atoms with Gasteiger partial charge < -0.3 is 16.4 Å². The van der Waals surface area contributed by atoms with Crippen molar-refractivity contribution in [2.24, 2.45) is 0 Å². The van der Waals surface area contributed by atoms with Crippen LogP contribution in [0.15, 0.2) is 12.3 Å². The number of aromatic nitrogens is 1. The summed E-state index contributed by atoms with van der Waals surface area (Å²) in [5.74, 6) is 0.491. The first-order valence-corrected chi connectivity index (χ1v) is 5.88. The predicted molar refractivity (Wildman–Crippen MR) is 67.6 cm³/mol. The Labute approximate surface area is 105 Å². The molecule has 0 unspecified atom stereocenters. The summed E-state index contributed by atoms with van der Waals surface area (Å²) in [6.45, 7) is 0.449. The Balaban J connectivity index is 1.82. The zero-order chi connectivity index (χ0) is 13.0. The fourth-order valence-electron chi connectivity index (χ4n) is 1.53. The number of pyridine rings is 1. The number of nitrogens with zero attached hydrogens (tertiary/aromatic N) is 2. The maximum Gasteiger partial charge on any atom is 0.221 e. The van der Waals surface area contributed by atoms with Crippen LogP contribution in [0.5, 0.6) is 0 Å². The second-order valence-electron chi connectivity index (χ2n) is 4.30. The highest BCUT2D eigenvalue weighted by Crippen LogP contribution is 2.18. The van der Waals surface area contributed by atoms with Crippen molar-refractivity contribution in [3.8, 4) is 6.07 Å². The Hall–Kier alpha value is -2.29. The Morgan fingerprint density at radius 3 is 3.06 bits per heavy atom. The lowest BCUT2D eigenvalue weighted by Gasteiger charge is -2.07. The standard InChI is InChI=1S/C12H15N5O/c13-6-8-5-9(14)7-16-12(8)15-4-3-11(18)17-10-1-2-10/h5,7,10H,1-4,14H2,(H,15,16)(H,17,18). The van der Waals surface area contributed by atoms with Crippen molar-refractivity contribution < 1.29 is 4.79 Å². The number of hydrogen-bond donors (Lipinski definition) is 3. The first kappa shape index (κ1) is 12.2. The van der Waals surface area contributed by atoms with Gasteiger partial charge in [0.2, 0.25) is 5.91 Å². The number of nitrogens with one attached hydrogen (secondary N) is 2. The monoisotopic (exact) mass is 245 g/mol. The van der Waals surface area contributed by atoms with Gasteiger partial charge in [-0.05, 0) is 18.9 Å². The summed E-state index contributed by atoms with van der Waals surface area (Å²) in [6, 6.07) is 3.94. The van der Waals surface area contributed by atoms with Crippen molar-refractivity contribution in [1.29, 1.82) is 5.26 Å². The molecule has 0 aliphatic heterocycles. The van der Waals surface area contributed by atoms with E-state index in [0.29, 0.717) is 36.1 Å². The molecule has 6 heteroatoms. The van der Waals surface area contributed by atoms with Crippen molar-refractivity contribution in [3.63, 3.8) is 0 Å². The van der Waals surface area contributed by atoms with E-state index in [1.165, 1.54) is 6.20 Å². The van der Waals surface area contributed by atoms with Crippen LogP contribution in [0.1, 0.15) is 24.8 Å².